The van der Waals surface area contributed by atoms with E-state index in [0.29, 0.717) is 0 Å². The minimum absolute atomic E-state index is 0.190. The van der Waals surface area contributed by atoms with Gasteiger partial charge in [0.05, 0.1) is 0 Å². The van der Waals surface area contributed by atoms with Gasteiger partial charge in [0.2, 0.25) is 0 Å². The fourth-order valence-electron chi connectivity index (χ4n) is 2.94. The molecule has 1 aromatic carbocycles. The summed E-state index contributed by atoms with van der Waals surface area (Å²) in [6.45, 7) is 16.8. The zero-order valence-electron chi connectivity index (χ0n) is 16.8. The molecular weight excluding hydrogens is 312 g/mol. The molecule has 1 aromatic rings. The van der Waals surface area contributed by atoms with Gasteiger partial charge >= 0.3 is 6.09 Å². The molecule has 0 N–H and O–H groups in total. The monoisotopic (exact) mass is 346 g/mol. The number of carbonyl (C=O) groups excluding carboxylic acids is 1. The van der Waals surface area contributed by atoms with Gasteiger partial charge in [-0.3, -0.25) is 4.90 Å². The van der Waals surface area contributed by atoms with Gasteiger partial charge in [-0.05, 0) is 43.7 Å². The molecule has 4 nitrogen and oxygen atoms in total. The predicted octanol–water partition coefficient (Wildman–Crippen LogP) is 4.08. The van der Waals surface area contributed by atoms with E-state index in [2.05, 4.69) is 49.9 Å². The van der Waals surface area contributed by atoms with Crippen molar-refractivity contribution < 1.29 is 9.53 Å². The zero-order chi connectivity index (χ0) is 18.7. The Morgan fingerprint density at radius 2 is 1.52 bits per heavy atom. The summed E-state index contributed by atoms with van der Waals surface area (Å²) in [4.78, 5) is 16.3. The fourth-order valence-corrected chi connectivity index (χ4v) is 2.94. The van der Waals surface area contributed by atoms with E-state index < -0.39 is 5.60 Å². The molecule has 1 saturated heterocycles. The number of carbonyl (C=O) groups is 1. The van der Waals surface area contributed by atoms with Crippen molar-refractivity contribution in [1.29, 1.82) is 0 Å². The van der Waals surface area contributed by atoms with Crippen LogP contribution in [0.2, 0.25) is 0 Å². The Kier molecular flexibility index (Phi) is 6.15. The van der Waals surface area contributed by atoms with Crippen LogP contribution in [0.15, 0.2) is 24.3 Å². The number of piperazine rings is 1. The Balaban J connectivity index is 1.76. The first-order valence-corrected chi connectivity index (χ1v) is 9.34. The number of amides is 1. The maximum Gasteiger partial charge on any atom is 0.410 e. The van der Waals surface area contributed by atoms with Crippen LogP contribution in [0.3, 0.4) is 0 Å². The van der Waals surface area contributed by atoms with Crippen molar-refractivity contribution in [3.05, 3.63) is 35.4 Å². The Morgan fingerprint density at radius 3 is 2.00 bits per heavy atom. The first kappa shape index (κ1) is 19.8. The Morgan fingerprint density at radius 1 is 0.960 bits per heavy atom. The lowest BCUT2D eigenvalue weighted by molar-refractivity contribution is 0.0146. The molecule has 1 aliphatic heterocycles. The van der Waals surface area contributed by atoms with Gasteiger partial charge in [0.25, 0.3) is 0 Å². The molecule has 0 aromatic heterocycles. The van der Waals surface area contributed by atoms with Crippen LogP contribution in [0.1, 0.15) is 52.7 Å². The highest BCUT2D eigenvalue weighted by Gasteiger charge is 2.25. The Bertz CT molecular complexity index is 559. The van der Waals surface area contributed by atoms with Crippen molar-refractivity contribution >= 4 is 6.09 Å². The third-order valence-corrected chi connectivity index (χ3v) is 4.56. The average molecular weight is 347 g/mol. The number of rotatable bonds is 3. The number of hydrogen-bond acceptors (Lipinski definition) is 3. The summed E-state index contributed by atoms with van der Waals surface area (Å²) in [6.07, 6.45) is 0.863. The summed E-state index contributed by atoms with van der Waals surface area (Å²) in [7, 11) is 0. The molecule has 4 heteroatoms. The second kappa shape index (κ2) is 7.77. The van der Waals surface area contributed by atoms with Crippen LogP contribution in [0.4, 0.5) is 4.79 Å². The van der Waals surface area contributed by atoms with E-state index in [1.165, 1.54) is 11.1 Å². The minimum atomic E-state index is -0.423. The molecule has 0 saturated carbocycles. The summed E-state index contributed by atoms with van der Waals surface area (Å²) in [6, 6.07) is 8.99. The van der Waals surface area contributed by atoms with Crippen molar-refractivity contribution in [2.45, 2.75) is 59.0 Å². The molecule has 0 bridgehead atoms. The third-order valence-electron chi connectivity index (χ3n) is 4.56. The Hall–Kier alpha value is -1.55. The topological polar surface area (TPSA) is 32.8 Å². The molecule has 1 amide bonds. The summed E-state index contributed by atoms with van der Waals surface area (Å²) < 4.78 is 5.45. The largest absolute Gasteiger partial charge is 0.444 e. The highest BCUT2D eigenvalue weighted by Crippen LogP contribution is 2.22. The molecule has 25 heavy (non-hydrogen) atoms. The van der Waals surface area contributed by atoms with E-state index >= 15 is 0 Å². The minimum Gasteiger partial charge on any atom is -0.444 e. The molecule has 1 heterocycles. The van der Waals surface area contributed by atoms with Crippen molar-refractivity contribution in [2.75, 3.05) is 32.7 Å². The maximum absolute atomic E-state index is 12.1. The second-order valence-corrected chi connectivity index (χ2v) is 9.01. The van der Waals surface area contributed by atoms with Crippen LogP contribution in [0, 0.1) is 0 Å². The third kappa shape index (κ3) is 6.35. The van der Waals surface area contributed by atoms with E-state index in [1.807, 2.05) is 25.7 Å². The standard InChI is InChI=1S/C21H34N2O2/c1-20(2,3)18-9-7-17(8-10-18)11-12-22-13-15-23(16-14-22)19(24)25-21(4,5)6/h7-10H,11-16H2,1-6H3. The van der Waals surface area contributed by atoms with Gasteiger partial charge in [-0.15, -0.1) is 0 Å². The average Bonchev–Trinajstić information content (AvgIpc) is 2.51. The molecule has 0 unspecified atom stereocenters. The molecule has 2 rings (SSSR count). The van der Waals surface area contributed by atoms with Crippen LogP contribution in [0.5, 0.6) is 0 Å². The first-order chi connectivity index (χ1) is 11.5. The highest BCUT2D eigenvalue weighted by molar-refractivity contribution is 5.68. The molecule has 1 aliphatic rings. The highest BCUT2D eigenvalue weighted by atomic mass is 16.6. The van der Waals surface area contributed by atoms with Crippen LogP contribution in [-0.4, -0.2) is 54.2 Å². The molecule has 0 atom stereocenters. The number of ether oxygens (including phenoxy) is 1. The lowest BCUT2D eigenvalue weighted by Crippen LogP contribution is -2.50. The molecule has 0 spiro atoms. The lowest BCUT2D eigenvalue weighted by Gasteiger charge is -2.35. The van der Waals surface area contributed by atoms with Gasteiger partial charge in [-0.2, -0.15) is 0 Å². The SMILES string of the molecule is CC(C)(C)OC(=O)N1CCN(CCc2ccc(C(C)(C)C)cc2)CC1. The number of benzene rings is 1. The summed E-state index contributed by atoms with van der Waals surface area (Å²) in [5.41, 5.74) is 2.54. The van der Waals surface area contributed by atoms with Crippen molar-refractivity contribution in [1.82, 2.24) is 9.80 Å². The van der Waals surface area contributed by atoms with Crippen molar-refractivity contribution in [3.8, 4) is 0 Å². The van der Waals surface area contributed by atoms with E-state index in [1.54, 1.807) is 0 Å². The van der Waals surface area contributed by atoms with Gasteiger partial charge in [-0.25, -0.2) is 4.79 Å². The quantitative estimate of drug-likeness (QED) is 0.827. The summed E-state index contributed by atoms with van der Waals surface area (Å²) in [5.74, 6) is 0. The molecule has 0 aliphatic carbocycles. The van der Waals surface area contributed by atoms with Gasteiger partial charge in [-0.1, -0.05) is 45.0 Å². The van der Waals surface area contributed by atoms with Crippen molar-refractivity contribution in [3.63, 3.8) is 0 Å². The molecule has 140 valence electrons. The normalized spacial score (nSPS) is 16.8. The number of hydrogen-bond donors (Lipinski definition) is 0. The van der Waals surface area contributed by atoms with E-state index in [4.69, 9.17) is 4.74 Å². The van der Waals surface area contributed by atoms with Crippen LogP contribution in [-0.2, 0) is 16.6 Å². The fraction of sp³-hybridized carbons (Fsp3) is 0.667. The van der Waals surface area contributed by atoms with E-state index in [-0.39, 0.29) is 11.5 Å². The predicted molar refractivity (Wildman–Crippen MR) is 103 cm³/mol. The summed E-state index contributed by atoms with van der Waals surface area (Å²) >= 11 is 0. The number of nitrogens with zero attached hydrogens (tertiary/aromatic N) is 2. The van der Waals surface area contributed by atoms with Gasteiger partial charge in [0.15, 0.2) is 0 Å². The Labute approximate surface area is 153 Å². The molecule has 1 fully saturated rings. The summed E-state index contributed by atoms with van der Waals surface area (Å²) in [5, 5.41) is 0. The first-order valence-electron chi connectivity index (χ1n) is 9.34. The van der Waals surface area contributed by atoms with Gasteiger partial charge < -0.3 is 9.64 Å². The second-order valence-electron chi connectivity index (χ2n) is 9.01. The van der Waals surface area contributed by atoms with Crippen LogP contribution >= 0.6 is 0 Å². The van der Waals surface area contributed by atoms with Gasteiger partial charge in [0, 0.05) is 32.7 Å². The lowest BCUT2D eigenvalue weighted by atomic mass is 9.86. The molecular formula is C21H34N2O2. The van der Waals surface area contributed by atoms with Gasteiger partial charge in [0.1, 0.15) is 5.60 Å². The van der Waals surface area contributed by atoms with Crippen molar-refractivity contribution in [2.24, 2.45) is 0 Å². The van der Waals surface area contributed by atoms with E-state index in [0.717, 1.165) is 39.1 Å². The van der Waals surface area contributed by atoms with E-state index in [9.17, 15) is 4.79 Å². The maximum atomic E-state index is 12.1. The van der Waals surface area contributed by atoms with Crippen LogP contribution in [0.25, 0.3) is 0 Å². The zero-order valence-corrected chi connectivity index (χ0v) is 16.8. The molecule has 0 radical (unpaired) electrons. The van der Waals surface area contributed by atoms with Crippen LogP contribution < -0.4 is 0 Å². The smallest absolute Gasteiger partial charge is 0.410 e.